The summed E-state index contributed by atoms with van der Waals surface area (Å²) in [4.78, 5) is 0. The number of fused-ring (bicyclic) bond motifs is 1. The van der Waals surface area contributed by atoms with Gasteiger partial charge in [0.1, 0.15) is 12.4 Å². The number of hydrogen-bond donors (Lipinski definition) is 0. The summed E-state index contributed by atoms with van der Waals surface area (Å²) in [6.07, 6.45) is -4.32. The molecule has 85 valence electrons. The molecule has 6 heteroatoms. The van der Waals surface area contributed by atoms with Crippen molar-refractivity contribution in [2.24, 2.45) is 0 Å². The van der Waals surface area contributed by atoms with E-state index in [0.29, 0.717) is 9.09 Å². The molecule has 1 aromatic heterocycles. The van der Waals surface area contributed by atoms with Gasteiger partial charge in [-0.15, -0.1) is 0 Å². The van der Waals surface area contributed by atoms with Crippen molar-refractivity contribution in [2.75, 3.05) is 0 Å². The van der Waals surface area contributed by atoms with Crippen molar-refractivity contribution in [2.45, 2.75) is 12.7 Å². The van der Waals surface area contributed by atoms with Gasteiger partial charge in [0.05, 0.1) is 9.22 Å². The quantitative estimate of drug-likeness (QED) is 0.550. The number of benzene rings is 1. The molecule has 0 amide bonds. The van der Waals surface area contributed by atoms with Crippen LogP contribution in [0.15, 0.2) is 18.2 Å². The van der Waals surface area contributed by atoms with Gasteiger partial charge in [0.25, 0.3) is 0 Å². The molecule has 0 unspecified atom stereocenters. The monoisotopic (exact) mass is 342 g/mol. The first-order chi connectivity index (χ1) is 7.37. The Morgan fingerprint density at radius 3 is 2.62 bits per heavy atom. The van der Waals surface area contributed by atoms with Crippen LogP contribution >= 0.6 is 22.6 Å². The molecular formula is C10H5F4IN. The molecule has 1 aromatic carbocycles. The van der Waals surface area contributed by atoms with Crippen LogP contribution in [0, 0.1) is 15.6 Å². The second kappa shape index (κ2) is 3.90. The molecule has 1 nitrogen and oxygen atoms in total. The molecule has 0 aliphatic carbocycles. The minimum Gasteiger partial charge on any atom is -0.327 e. The fourth-order valence-electron chi connectivity index (χ4n) is 1.46. The van der Waals surface area contributed by atoms with Crippen molar-refractivity contribution >= 4 is 33.5 Å². The van der Waals surface area contributed by atoms with E-state index in [1.54, 1.807) is 28.7 Å². The molecule has 16 heavy (non-hydrogen) atoms. The van der Waals surface area contributed by atoms with Crippen LogP contribution in [0.3, 0.4) is 0 Å². The maximum absolute atomic E-state index is 12.9. The van der Waals surface area contributed by atoms with Crippen LogP contribution in [0.5, 0.6) is 0 Å². The van der Waals surface area contributed by atoms with Crippen molar-refractivity contribution in [3.63, 3.8) is 0 Å². The molecule has 2 rings (SSSR count). The molecule has 0 saturated carbocycles. The number of nitrogens with zero attached hydrogens (tertiary/aromatic N) is 1. The van der Waals surface area contributed by atoms with Crippen LogP contribution in [0.4, 0.5) is 17.6 Å². The van der Waals surface area contributed by atoms with Crippen LogP contribution in [0.2, 0.25) is 0 Å². The van der Waals surface area contributed by atoms with E-state index >= 15 is 0 Å². The van der Waals surface area contributed by atoms with Crippen molar-refractivity contribution in [1.29, 1.82) is 0 Å². The van der Waals surface area contributed by atoms with Crippen LogP contribution in [-0.2, 0) is 6.54 Å². The Labute approximate surface area is 102 Å². The first kappa shape index (κ1) is 11.7. The topological polar surface area (TPSA) is 4.93 Å². The maximum atomic E-state index is 12.9. The van der Waals surface area contributed by atoms with Crippen LogP contribution in [-0.4, -0.2) is 10.7 Å². The zero-order chi connectivity index (χ0) is 11.9. The summed E-state index contributed by atoms with van der Waals surface area (Å²) in [6, 6.07) is 6.33. The SMILES string of the molecule is Fc1c[c]c2cc(I)n(CC(F)(F)F)c2c1. The molecule has 0 aliphatic rings. The summed E-state index contributed by atoms with van der Waals surface area (Å²) in [5.41, 5.74) is 0.210. The second-order valence-corrected chi connectivity index (χ2v) is 4.39. The number of alkyl halides is 3. The van der Waals surface area contributed by atoms with Gasteiger partial charge in [-0.3, -0.25) is 0 Å². The molecule has 0 N–H and O–H groups in total. The average molecular weight is 342 g/mol. The molecule has 0 spiro atoms. The van der Waals surface area contributed by atoms with Gasteiger partial charge in [0.15, 0.2) is 0 Å². The van der Waals surface area contributed by atoms with E-state index in [1.165, 1.54) is 0 Å². The first-order valence-corrected chi connectivity index (χ1v) is 5.37. The fourth-order valence-corrected chi connectivity index (χ4v) is 2.20. The summed E-state index contributed by atoms with van der Waals surface area (Å²) < 4.78 is 51.3. The van der Waals surface area contributed by atoms with E-state index in [2.05, 4.69) is 6.07 Å². The van der Waals surface area contributed by atoms with Gasteiger partial charge >= 0.3 is 6.18 Å². The minimum atomic E-state index is -4.32. The molecule has 0 bridgehead atoms. The van der Waals surface area contributed by atoms with E-state index in [0.717, 1.165) is 16.7 Å². The van der Waals surface area contributed by atoms with E-state index in [4.69, 9.17) is 0 Å². The Bertz CT molecular complexity index is 529. The lowest BCUT2D eigenvalue weighted by molar-refractivity contribution is -0.140. The lowest BCUT2D eigenvalue weighted by Crippen LogP contribution is -2.18. The highest BCUT2D eigenvalue weighted by atomic mass is 127. The Morgan fingerprint density at radius 2 is 2.00 bits per heavy atom. The molecule has 1 radical (unpaired) electrons. The van der Waals surface area contributed by atoms with Crippen molar-refractivity contribution in [1.82, 2.24) is 4.57 Å². The maximum Gasteiger partial charge on any atom is 0.406 e. The Kier molecular flexibility index (Phi) is 2.85. The second-order valence-electron chi connectivity index (χ2n) is 3.29. The number of halogens is 5. The fraction of sp³-hybridized carbons (Fsp3) is 0.200. The lowest BCUT2D eigenvalue weighted by atomic mass is 10.2. The number of hydrogen-bond acceptors (Lipinski definition) is 0. The van der Waals surface area contributed by atoms with Crippen molar-refractivity contribution in [3.8, 4) is 0 Å². The third-order valence-corrected chi connectivity index (χ3v) is 2.96. The third kappa shape index (κ3) is 2.31. The molecule has 1 heterocycles. The lowest BCUT2D eigenvalue weighted by Gasteiger charge is -2.10. The summed E-state index contributed by atoms with van der Waals surface area (Å²) in [6.45, 7) is -1.12. The van der Waals surface area contributed by atoms with Gasteiger partial charge in [0.2, 0.25) is 0 Å². The molecule has 0 fully saturated rings. The minimum absolute atomic E-state index is 0.210. The molecule has 0 atom stereocenters. The van der Waals surface area contributed by atoms with E-state index in [-0.39, 0.29) is 5.52 Å². The van der Waals surface area contributed by atoms with Crippen LogP contribution in [0.1, 0.15) is 0 Å². The summed E-state index contributed by atoms with van der Waals surface area (Å²) in [5, 5.41) is 0.482. The standard InChI is InChI=1S/C10H5F4IN/c11-7-2-1-6-3-9(15)16(8(6)4-7)5-10(12,13)14/h2-4H,5H2. The Hall–Kier alpha value is -0.790. The smallest absolute Gasteiger partial charge is 0.327 e. The van der Waals surface area contributed by atoms with Gasteiger partial charge in [0, 0.05) is 5.39 Å². The molecule has 0 aliphatic heterocycles. The van der Waals surface area contributed by atoms with Gasteiger partial charge in [-0.05, 0) is 46.9 Å². The number of rotatable bonds is 1. The summed E-state index contributed by atoms with van der Waals surface area (Å²) >= 11 is 1.79. The van der Waals surface area contributed by atoms with Crippen molar-refractivity contribution < 1.29 is 17.6 Å². The van der Waals surface area contributed by atoms with Gasteiger partial charge in [-0.1, -0.05) is 0 Å². The van der Waals surface area contributed by atoms with E-state index < -0.39 is 18.5 Å². The Morgan fingerprint density at radius 1 is 1.31 bits per heavy atom. The van der Waals surface area contributed by atoms with Crippen LogP contribution in [0.25, 0.3) is 10.9 Å². The Balaban J connectivity index is 2.58. The average Bonchev–Trinajstić information content (AvgIpc) is 2.42. The van der Waals surface area contributed by atoms with Crippen molar-refractivity contribution in [3.05, 3.63) is 33.8 Å². The van der Waals surface area contributed by atoms with E-state index in [1.807, 2.05) is 0 Å². The summed E-state index contributed by atoms with van der Waals surface area (Å²) in [7, 11) is 0. The van der Waals surface area contributed by atoms with Gasteiger partial charge in [-0.25, -0.2) is 4.39 Å². The van der Waals surface area contributed by atoms with E-state index in [9.17, 15) is 17.6 Å². The summed E-state index contributed by atoms with van der Waals surface area (Å²) in [5.74, 6) is -0.592. The highest BCUT2D eigenvalue weighted by Crippen LogP contribution is 2.26. The largest absolute Gasteiger partial charge is 0.406 e. The zero-order valence-corrected chi connectivity index (χ0v) is 9.93. The van der Waals surface area contributed by atoms with Gasteiger partial charge < -0.3 is 4.57 Å². The predicted octanol–water partition coefficient (Wildman–Crippen LogP) is 3.75. The van der Waals surface area contributed by atoms with Gasteiger partial charge in [-0.2, -0.15) is 13.2 Å². The first-order valence-electron chi connectivity index (χ1n) is 4.29. The zero-order valence-electron chi connectivity index (χ0n) is 7.78. The normalized spacial score (nSPS) is 12.3. The molecule has 0 saturated heterocycles. The number of aromatic nitrogens is 1. The predicted molar refractivity (Wildman–Crippen MR) is 59.5 cm³/mol. The molecular weight excluding hydrogens is 337 g/mol. The molecule has 2 aromatic rings. The highest BCUT2D eigenvalue weighted by molar-refractivity contribution is 14.1. The highest BCUT2D eigenvalue weighted by Gasteiger charge is 2.29. The van der Waals surface area contributed by atoms with Crippen LogP contribution < -0.4 is 0 Å². The third-order valence-electron chi connectivity index (χ3n) is 2.07.